The number of nitrogens with zero attached hydrogens (tertiary/aromatic N) is 2. The number of non-ortho nitro benzene ring substituents is 1. The standard InChI is InChI=1S/C14H17N3O2S/c1-10-9-20-14(16-10)11(2)15-8-7-12-3-5-13(6-4-12)17(18)19/h3-6,9,11,15H,7-8H2,1-2H3. The third-order valence-electron chi connectivity index (χ3n) is 3.02. The van der Waals surface area contributed by atoms with E-state index in [1.54, 1.807) is 35.6 Å². The maximum atomic E-state index is 10.6. The second-order valence-electron chi connectivity index (χ2n) is 4.68. The van der Waals surface area contributed by atoms with Crippen molar-refractivity contribution >= 4 is 17.0 Å². The molecule has 0 bridgehead atoms. The van der Waals surface area contributed by atoms with Crippen molar-refractivity contribution in [3.8, 4) is 0 Å². The molecule has 0 aliphatic carbocycles. The van der Waals surface area contributed by atoms with E-state index in [0.29, 0.717) is 0 Å². The largest absolute Gasteiger partial charge is 0.308 e. The molecule has 6 heteroatoms. The first-order valence-corrected chi connectivity index (χ1v) is 7.33. The van der Waals surface area contributed by atoms with Crippen molar-refractivity contribution < 1.29 is 4.92 Å². The fourth-order valence-corrected chi connectivity index (χ4v) is 2.70. The van der Waals surface area contributed by atoms with Gasteiger partial charge in [-0.15, -0.1) is 11.3 Å². The number of benzene rings is 1. The molecular formula is C14H17N3O2S. The SMILES string of the molecule is Cc1csc(C(C)NCCc2ccc([N+](=O)[O-])cc2)n1. The molecule has 106 valence electrons. The molecular weight excluding hydrogens is 274 g/mol. The second kappa shape index (κ2) is 6.58. The summed E-state index contributed by atoms with van der Waals surface area (Å²) in [4.78, 5) is 14.6. The van der Waals surface area contributed by atoms with Crippen LogP contribution in [0.5, 0.6) is 0 Å². The number of rotatable bonds is 6. The van der Waals surface area contributed by atoms with E-state index < -0.39 is 0 Å². The molecule has 0 fully saturated rings. The summed E-state index contributed by atoms with van der Waals surface area (Å²) < 4.78 is 0. The summed E-state index contributed by atoms with van der Waals surface area (Å²) in [5.74, 6) is 0. The van der Waals surface area contributed by atoms with Crippen molar-refractivity contribution in [3.63, 3.8) is 0 Å². The number of nitrogens with one attached hydrogen (secondary N) is 1. The van der Waals surface area contributed by atoms with Gasteiger partial charge < -0.3 is 5.32 Å². The molecule has 1 atom stereocenters. The number of nitro groups is 1. The second-order valence-corrected chi connectivity index (χ2v) is 5.57. The fourth-order valence-electron chi connectivity index (χ4n) is 1.88. The van der Waals surface area contributed by atoms with Crippen LogP contribution in [0.25, 0.3) is 0 Å². The van der Waals surface area contributed by atoms with Crippen molar-refractivity contribution in [2.45, 2.75) is 26.3 Å². The lowest BCUT2D eigenvalue weighted by Crippen LogP contribution is -2.21. The molecule has 0 aliphatic rings. The van der Waals surface area contributed by atoms with E-state index in [4.69, 9.17) is 0 Å². The molecule has 2 rings (SSSR count). The molecule has 0 amide bonds. The first kappa shape index (κ1) is 14.6. The lowest BCUT2D eigenvalue weighted by atomic mass is 10.1. The van der Waals surface area contributed by atoms with Gasteiger partial charge in [0.15, 0.2) is 0 Å². The number of nitro benzene ring substituents is 1. The van der Waals surface area contributed by atoms with E-state index in [2.05, 4.69) is 17.2 Å². The summed E-state index contributed by atoms with van der Waals surface area (Å²) in [7, 11) is 0. The zero-order chi connectivity index (χ0) is 14.5. The molecule has 1 N–H and O–H groups in total. The quantitative estimate of drug-likeness (QED) is 0.655. The van der Waals surface area contributed by atoms with Crippen molar-refractivity contribution in [1.82, 2.24) is 10.3 Å². The van der Waals surface area contributed by atoms with Crippen LogP contribution in [0.15, 0.2) is 29.6 Å². The highest BCUT2D eigenvalue weighted by molar-refractivity contribution is 7.09. The normalized spacial score (nSPS) is 12.3. The van der Waals surface area contributed by atoms with Gasteiger partial charge in [0.05, 0.1) is 11.0 Å². The number of hydrogen-bond donors (Lipinski definition) is 1. The molecule has 1 aromatic carbocycles. The maximum Gasteiger partial charge on any atom is 0.269 e. The van der Waals surface area contributed by atoms with E-state index in [1.165, 1.54) is 0 Å². The van der Waals surface area contributed by atoms with E-state index >= 15 is 0 Å². The fraction of sp³-hybridized carbons (Fsp3) is 0.357. The highest BCUT2D eigenvalue weighted by Gasteiger charge is 2.08. The van der Waals surface area contributed by atoms with Gasteiger partial charge in [-0.1, -0.05) is 12.1 Å². The van der Waals surface area contributed by atoms with Gasteiger partial charge in [-0.2, -0.15) is 0 Å². The van der Waals surface area contributed by atoms with Gasteiger partial charge in [0.25, 0.3) is 5.69 Å². The Kier molecular flexibility index (Phi) is 4.81. The van der Waals surface area contributed by atoms with Crippen LogP contribution in [0, 0.1) is 17.0 Å². The van der Waals surface area contributed by atoms with Gasteiger partial charge in [0.2, 0.25) is 0 Å². The molecule has 0 saturated carbocycles. The Morgan fingerprint density at radius 1 is 1.40 bits per heavy atom. The summed E-state index contributed by atoms with van der Waals surface area (Å²) in [5.41, 5.74) is 2.27. The number of thiazole rings is 1. The summed E-state index contributed by atoms with van der Waals surface area (Å²) >= 11 is 1.66. The summed E-state index contributed by atoms with van der Waals surface area (Å²) in [6.07, 6.45) is 0.840. The van der Waals surface area contributed by atoms with Crippen LogP contribution in [-0.4, -0.2) is 16.5 Å². The molecule has 0 spiro atoms. The molecule has 1 unspecified atom stereocenters. The predicted octanol–water partition coefficient (Wildman–Crippen LogP) is 3.25. The van der Waals surface area contributed by atoms with Gasteiger partial charge in [0, 0.05) is 23.2 Å². The first-order valence-electron chi connectivity index (χ1n) is 6.45. The van der Waals surface area contributed by atoms with Crippen LogP contribution in [0.2, 0.25) is 0 Å². The number of aromatic nitrogens is 1. The Morgan fingerprint density at radius 2 is 2.10 bits per heavy atom. The van der Waals surface area contributed by atoms with Crippen molar-refractivity contribution in [3.05, 3.63) is 56.0 Å². The van der Waals surface area contributed by atoms with Gasteiger partial charge in [0.1, 0.15) is 5.01 Å². The Morgan fingerprint density at radius 3 is 2.65 bits per heavy atom. The summed E-state index contributed by atoms with van der Waals surface area (Å²) in [5, 5.41) is 17.1. The van der Waals surface area contributed by atoms with Crippen LogP contribution in [-0.2, 0) is 6.42 Å². The minimum atomic E-state index is -0.380. The zero-order valence-electron chi connectivity index (χ0n) is 11.5. The topological polar surface area (TPSA) is 68.1 Å². The van der Waals surface area contributed by atoms with E-state index in [1.807, 2.05) is 12.3 Å². The minimum absolute atomic E-state index is 0.133. The first-order chi connectivity index (χ1) is 9.56. The summed E-state index contributed by atoms with van der Waals surface area (Å²) in [6, 6.07) is 6.92. The van der Waals surface area contributed by atoms with Crippen LogP contribution in [0.3, 0.4) is 0 Å². The number of hydrogen-bond acceptors (Lipinski definition) is 5. The third-order valence-corrected chi connectivity index (χ3v) is 4.16. The predicted molar refractivity (Wildman–Crippen MR) is 80.1 cm³/mol. The highest BCUT2D eigenvalue weighted by atomic mass is 32.1. The highest BCUT2D eigenvalue weighted by Crippen LogP contribution is 2.17. The minimum Gasteiger partial charge on any atom is -0.308 e. The lowest BCUT2D eigenvalue weighted by molar-refractivity contribution is -0.384. The van der Waals surface area contributed by atoms with Gasteiger partial charge in [-0.3, -0.25) is 10.1 Å². The van der Waals surface area contributed by atoms with E-state index in [0.717, 1.165) is 29.2 Å². The summed E-state index contributed by atoms with van der Waals surface area (Å²) in [6.45, 7) is 4.90. The zero-order valence-corrected chi connectivity index (χ0v) is 12.3. The Bertz CT molecular complexity index is 580. The van der Waals surface area contributed by atoms with Gasteiger partial charge in [-0.05, 0) is 32.4 Å². The lowest BCUT2D eigenvalue weighted by Gasteiger charge is -2.10. The molecule has 20 heavy (non-hydrogen) atoms. The van der Waals surface area contributed by atoms with Crippen LogP contribution in [0.1, 0.15) is 29.2 Å². The molecule has 1 aromatic heterocycles. The van der Waals surface area contributed by atoms with Crippen molar-refractivity contribution in [2.75, 3.05) is 6.54 Å². The number of aryl methyl sites for hydroxylation is 1. The molecule has 0 saturated heterocycles. The third kappa shape index (κ3) is 3.85. The average Bonchev–Trinajstić information content (AvgIpc) is 2.86. The molecule has 5 nitrogen and oxygen atoms in total. The maximum absolute atomic E-state index is 10.6. The Hall–Kier alpha value is -1.79. The smallest absolute Gasteiger partial charge is 0.269 e. The van der Waals surface area contributed by atoms with Crippen molar-refractivity contribution in [1.29, 1.82) is 0 Å². The molecule has 0 radical (unpaired) electrons. The Labute approximate surface area is 121 Å². The molecule has 0 aliphatic heterocycles. The van der Waals surface area contributed by atoms with E-state index in [-0.39, 0.29) is 16.7 Å². The Balaban J connectivity index is 1.82. The van der Waals surface area contributed by atoms with Crippen LogP contribution < -0.4 is 5.32 Å². The van der Waals surface area contributed by atoms with Crippen LogP contribution >= 0.6 is 11.3 Å². The van der Waals surface area contributed by atoms with Gasteiger partial charge >= 0.3 is 0 Å². The van der Waals surface area contributed by atoms with E-state index in [9.17, 15) is 10.1 Å². The van der Waals surface area contributed by atoms with Crippen molar-refractivity contribution in [2.24, 2.45) is 0 Å². The molecule has 2 aromatic rings. The van der Waals surface area contributed by atoms with Gasteiger partial charge in [-0.25, -0.2) is 4.98 Å². The average molecular weight is 291 g/mol. The molecule has 1 heterocycles. The monoisotopic (exact) mass is 291 g/mol. The van der Waals surface area contributed by atoms with Crippen LogP contribution in [0.4, 0.5) is 5.69 Å².